The third-order valence-corrected chi connectivity index (χ3v) is 5.17. The second-order valence-corrected chi connectivity index (χ2v) is 6.96. The summed E-state index contributed by atoms with van der Waals surface area (Å²) in [5.74, 6) is 0.533. The summed E-state index contributed by atoms with van der Waals surface area (Å²) in [6.45, 7) is 3.35. The quantitative estimate of drug-likeness (QED) is 0.638. The molecule has 3 aromatic heterocycles. The van der Waals surface area contributed by atoms with Crippen LogP contribution >= 0.6 is 11.8 Å². The van der Waals surface area contributed by atoms with Crippen LogP contribution in [0.25, 0.3) is 5.65 Å². The van der Waals surface area contributed by atoms with E-state index in [1.54, 1.807) is 15.1 Å². The lowest BCUT2D eigenvalue weighted by atomic mass is 10.2. The molecule has 3 aromatic rings. The van der Waals surface area contributed by atoms with E-state index in [1.807, 2.05) is 25.1 Å². The van der Waals surface area contributed by atoms with Crippen LogP contribution in [0.2, 0.25) is 0 Å². The lowest BCUT2D eigenvalue weighted by Gasteiger charge is -2.10. The summed E-state index contributed by atoms with van der Waals surface area (Å²) in [6, 6.07) is 7.20. The van der Waals surface area contributed by atoms with Gasteiger partial charge in [0.1, 0.15) is 5.65 Å². The highest BCUT2D eigenvalue weighted by molar-refractivity contribution is 7.98. The number of hydrogen-bond donors (Lipinski definition) is 0. The Kier molecular flexibility index (Phi) is 4.50. The minimum atomic E-state index is -0.0716. The molecule has 1 fully saturated rings. The molecule has 0 aromatic carbocycles. The van der Waals surface area contributed by atoms with E-state index in [4.69, 9.17) is 4.74 Å². The van der Waals surface area contributed by atoms with Crippen molar-refractivity contribution in [1.82, 2.24) is 29.6 Å². The minimum absolute atomic E-state index is 0.0716. The number of aromatic nitrogens is 6. The van der Waals surface area contributed by atoms with Gasteiger partial charge in [-0.3, -0.25) is 9.20 Å². The molecule has 0 aliphatic carbocycles. The monoisotopic (exact) mass is 358 g/mol. The Bertz CT molecular complexity index is 947. The van der Waals surface area contributed by atoms with Crippen LogP contribution in [0, 0.1) is 6.92 Å². The van der Waals surface area contributed by atoms with Crippen molar-refractivity contribution >= 4 is 17.4 Å². The number of nitrogens with zero attached hydrogens (tertiary/aromatic N) is 6. The summed E-state index contributed by atoms with van der Waals surface area (Å²) >= 11 is 1.47. The molecule has 1 atom stereocenters. The average molecular weight is 358 g/mol. The van der Waals surface area contributed by atoms with Crippen molar-refractivity contribution in [1.29, 1.82) is 0 Å². The Morgan fingerprint density at radius 3 is 3.16 bits per heavy atom. The van der Waals surface area contributed by atoms with Crippen molar-refractivity contribution < 1.29 is 4.74 Å². The summed E-state index contributed by atoms with van der Waals surface area (Å²) < 4.78 is 9.01. The van der Waals surface area contributed by atoms with Gasteiger partial charge in [0.15, 0.2) is 0 Å². The van der Waals surface area contributed by atoms with Gasteiger partial charge < -0.3 is 4.74 Å². The lowest BCUT2D eigenvalue weighted by Crippen LogP contribution is -2.18. The molecule has 0 N–H and O–H groups in total. The molecule has 0 unspecified atom stereocenters. The molecular formula is C16H18N6O2S. The maximum absolute atomic E-state index is 12.3. The molecule has 0 bridgehead atoms. The maximum atomic E-state index is 12.3. The van der Waals surface area contributed by atoms with Crippen LogP contribution in [0.15, 0.2) is 34.2 Å². The zero-order valence-corrected chi connectivity index (χ0v) is 14.6. The van der Waals surface area contributed by atoms with Gasteiger partial charge in [0.2, 0.25) is 5.16 Å². The van der Waals surface area contributed by atoms with Gasteiger partial charge in [0.25, 0.3) is 5.56 Å². The SMILES string of the molecule is Cc1cccc2nc(CSc3nnnn3C[C@@H]3CCCO3)cc(=O)n12. The number of fused-ring (bicyclic) bond motifs is 1. The Hall–Kier alpha value is -2.26. The van der Waals surface area contributed by atoms with E-state index in [0.29, 0.717) is 28.8 Å². The summed E-state index contributed by atoms with van der Waals surface area (Å²) in [5, 5.41) is 12.6. The van der Waals surface area contributed by atoms with E-state index in [0.717, 1.165) is 25.1 Å². The fraction of sp³-hybridized carbons (Fsp3) is 0.438. The van der Waals surface area contributed by atoms with Gasteiger partial charge in [-0.15, -0.1) is 5.10 Å². The van der Waals surface area contributed by atoms with E-state index in [1.165, 1.54) is 11.8 Å². The molecule has 0 saturated carbocycles. The Labute approximate surface area is 148 Å². The second-order valence-electron chi connectivity index (χ2n) is 6.01. The van der Waals surface area contributed by atoms with Crippen LogP contribution in [0.4, 0.5) is 0 Å². The van der Waals surface area contributed by atoms with E-state index < -0.39 is 0 Å². The molecule has 1 aliphatic rings. The van der Waals surface area contributed by atoms with E-state index in [-0.39, 0.29) is 11.7 Å². The number of hydrogen-bond acceptors (Lipinski definition) is 7. The maximum Gasteiger partial charge on any atom is 0.258 e. The van der Waals surface area contributed by atoms with Gasteiger partial charge in [-0.25, -0.2) is 9.67 Å². The predicted molar refractivity (Wildman–Crippen MR) is 92.6 cm³/mol. The van der Waals surface area contributed by atoms with Crippen molar-refractivity contribution in [3.05, 3.63) is 46.0 Å². The first kappa shape index (κ1) is 16.2. The molecule has 1 saturated heterocycles. The summed E-state index contributed by atoms with van der Waals surface area (Å²) in [7, 11) is 0. The van der Waals surface area contributed by atoms with Crippen molar-refractivity contribution in [2.75, 3.05) is 6.61 Å². The zero-order chi connectivity index (χ0) is 17.2. The lowest BCUT2D eigenvalue weighted by molar-refractivity contribution is 0.0912. The molecule has 8 nitrogen and oxygen atoms in total. The highest BCUT2D eigenvalue weighted by Crippen LogP contribution is 2.21. The molecule has 4 heterocycles. The third-order valence-electron chi connectivity index (χ3n) is 4.18. The minimum Gasteiger partial charge on any atom is -0.376 e. The van der Waals surface area contributed by atoms with E-state index in [9.17, 15) is 4.79 Å². The van der Waals surface area contributed by atoms with Gasteiger partial charge in [-0.1, -0.05) is 17.8 Å². The molecule has 0 radical (unpaired) electrons. The smallest absolute Gasteiger partial charge is 0.258 e. The molecule has 1 aliphatic heterocycles. The molecular weight excluding hydrogens is 340 g/mol. The van der Waals surface area contributed by atoms with Crippen molar-refractivity contribution in [2.24, 2.45) is 0 Å². The zero-order valence-electron chi connectivity index (χ0n) is 13.8. The predicted octanol–water partition coefficient (Wildman–Crippen LogP) is 1.46. The molecule has 0 amide bonds. The van der Waals surface area contributed by atoms with E-state index in [2.05, 4.69) is 20.5 Å². The highest BCUT2D eigenvalue weighted by Gasteiger charge is 2.19. The average Bonchev–Trinajstić information content (AvgIpc) is 3.25. The third kappa shape index (κ3) is 3.42. The summed E-state index contributed by atoms with van der Waals surface area (Å²) in [5.41, 5.74) is 2.17. The van der Waals surface area contributed by atoms with Crippen LogP contribution in [-0.2, 0) is 17.0 Å². The number of aryl methyl sites for hydroxylation is 1. The van der Waals surface area contributed by atoms with Crippen LogP contribution in [0.1, 0.15) is 24.2 Å². The highest BCUT2D eigenvalue weighted by atomic mass is 32.2. The second kappa shape index (κ2) is 6.93. The molecule has 9 heteroatoms. The van der Waals surface area contributed by atoms with Crippen molar-refractivity contribution in [3.63, 3.8) is 0 Å². The summed E-state index contributed by atoms with van der Waals surface area (Å²) in [6.07, 6.45) is 2.29. The topological polar surface area (TPSA) is 87.2 Å². The van der Waals surface area contributed by atoms with Gasteiger partial charge in [-0.05, 0) is 42.3 Å². The first-order chi connectivity index (χ1) is 12.2. The van der Waals surface area contributed by atoms with Crippen molar-refractivity contribution in [3.8, 4) is 0 Å². The van der Waals surface area contributed by atoms with Gasteiger partial charge in [0, 0.05) is 24.1 Å². The molecule has 25 heavy (non-hydrogen) atoms. The number of ether oxygens (including phenoxy) is 1. The Morgan fingerprint density at radius 2 is 2.32 bits per heavy atom. The van der Waals surface area contributed by atoms with Crippen LogP contribution in [-0.4, -0.2) is 42.3 Å². The van der Waals surface area contributed by atoms with Gasteiger partial charge >= 0.3 is 0 Å². The summed E-state index contributed by atoms with van der Waals surface area (Å²) in [4.78, 5) is 16.9. The fourth-order valence-electron chi connectivity index (χ4n) is 2.97. The van der Waals surface area contributed by atoms with Crippen LogP contribution < -0.4 is 5.56 Å². The first-order valence-electron chi connectivity index (χ1n) is 8.19. The Morgan fingerprint density at radius 1 is 1.40 bits per heavy atom. The first-order valence-corrected chi connectivity index (χ1v) is 9.18. The standard InChI is InChI=1S/C16H18N6O2S/c1-11-4-2-6-14-17-12(8-15(23)22(11)14)10-25-16-18-19-20-21(16)9-13-5-3-7-24-13/h2,4,6,8,13H,3,5,7,9-10H2,1H3/t13-/m0/s1. The molecule has 4 rings (SSSR count). The van der Waals surface area contributed by atoms with Crippen LogP contribution in [0.3, 0.4) is 0 Å². The normalized spacial score (nSPS) is 17.4. The molecule has 130 valence electrons. The van der Waals surface area contributed by atoms with Gasteiger partial charge in [-0.2, -0.15) is 0 Å². The van der Waals surface area contributed by atoms with Crippen molar-refractivity contribution in [2.45, 2.75) is 43.3 Å². The largest absolute Gasteiger partial charge is 0.376 e. The van der Waals surface area contributed by atoms with Crippen LogP contribution in [0.5, 0.6) is 0 Å². The number of thioether (sulfide) groups is 1. The number of tetrazole rings is 1. The van der Waals surface area contributed by atoms with Gasteiger partial charge in [0.05, 0.1) is 18.3 Å². The Balaban J connectivity index is 1.51. The number of pyridine rings is 1. The fourth-order valence-corrected chi connectivity index (χ4v) is 3.75. The molecule has 0 spiro atoms. The van der Waals surface area contributed by atoms with E-state index >= 15 is 0 Å². The number of rotatable bonds is 5.